The second-order valence-electron chi connectivity index (χ2n) is 8.05. The summed E-state index contributed by atoms with van der Waals surface area (Å²) < 4.78 is 44.0. The summed E-state index contributed by atoms with van der Waals surface area (Å²) in [4.78, 5) is 11.0. The molecule has 5 rings (SSSR count). The quantitative estimate of drug-likeness (QED) is 0.530. The van der Waals surface area contributed by atoms with Gasteiger partial charge in [-0.1, -0.05) is 24.3 Å². The minimum Gasteiger partial charge on any atom is -0.340 e. The molecule has 1 aliphatic rings. The van der Waals surface area contributed by atoms with E-state index in [9.17, 15) is 13.2 Å². The first-order valence-electron chi connectivity index (χ1n) is 10.3. The maximum atomic E-state index is 14.2. The van der Waals surface area contributed by atoms with Crippen molar-refractivity contribution in [3.63, 3.8) is 0 Å². The molecule has 0 aliphatic carbocycles. The molecule has 8 heteroatoms. The van der Waals surface area contributed by atoms with Gasteiger partial charge in [0.05, 0.1) is 28.6 Å². The van der Waals surface area contributed by atoms with Gasteiger partial charge in [0.25, 0.3) is 0 Å². The summed E-state index contributed by atoms with van der Waals surface area (Å²) in [6, 6.07) is 11.1. The van der Waals surface area contributed by atoms with Crippen LogP contribution in [0, 0.1) is 11.6 Å². The van der Waals surface area contributed by atoms with Gasteiger partial charge in [0.15, 0.2) is 11.6 Å². The summed E-state index contributed by atoms with van der Waals surface area (Å²) in [5, 5.41) is 0.982. The van der Waals surface area contributed by atoms with Crippen LogP contribution >= 0.6 is 0 Å². The number of pyridine rings is 1. The molecule has 0 radical (unpaired) electrons. The van der Waals surface area contributed by atoms with Crippen molar-refractivity contribution in [2.75, 3.05) is 18.0 Å². The Balaban J connectivity index is 1.71. The van der Waals surface area contributed by atoms with Crippen LogP contribution < -0.4 is 10.6 Å². The molecule has 1 aliphatic heterocycles. The number of nitrogens with two attached hydrogens (primary N) is 1. The number of para-hydroxylation sites is 1. The highest BCUT2D eigenvalue weighted by molar-refractivity contribution is 5.84. The first-order valence-corrected chi connectivity index (χ1v) is 10.3. The van der Waals surface area contributed by atoms with Gasteiger partial charge in [-0.05, 0) is 19.4 Å². The van der Waals surface area contributed by atoms with Crippen LogP contribution in [0.15, 0.2) is 48.7 Å². The minimum atomic E-state index is -1.08. The summed E-state index contributed by atoms with van der Waals surface area (Å²) >= 11 is 0. The van der Waals surface area contributed by atoms with Crippen molar-refractivity contribution in [1.29, 1.82) is 0 Å². The number of hydrogen-bond acceptors (Lipinski definition) is 4. The molecule has 5 nitrogen and oxygen atoms in total. The van der Waals surface area contributed by atoms with Crippen LogP contribution in [-0.4, -0.2) is 39.8 Å². The predicted molar refractivity (Wildman–Crippen MR) is 115 cm³/mol. The van der Waals surface area contributed by atoms with E-state index in [-0.39, 0.29) is 19.0 Å². The average Bonchev–Trinajstić information content (AvgIpc) is 3.13. The summed E-state index contributed by atoms with van der Waals surface area (Å²) in [6.07, 6.45) is 0.923. The Morgan fingerprint density at radius 2 is 1.90 bits per heavy atom. The molecule has 3 heterocycles. The Labute approximate surface area is 177 Å². The zero-order valence-electron chi connectivity index (χ0n) is 17.0. The Kier molecular flexibility index (Phi) is 4.81. The molecule has 0 spiro atoms. The van der Waals surface area contributed by atoms with Gasteiger partial charge in [-0.25, -0.2) is 18.2 Å². The number of rotatable bonds is 3. The first-order chi connectivity index (χ1) is 14.9. The SMILES string of the molecule is C[C@@H](c1cccc2cccnc12)n1c(N2CCC(F)C(N)C2)nc2cc(F)c(F)cc21. The second kappa shape index (κ2) is 7.53. The van der Waals surface area contributed by atoms with Gasteiger partial charge in [-0.2, -0.15) is 0 Å². The molecule has 2 N–H and O–H groups in total. The van der Waals surface area contributed by atoms with Crippen LogP contribution in [0.4, 0.5) is 19.1 Å². The monoisotopic (exact) mass is 425 g/mol. The standard InChI is InChI=1S/C23H22F3N5/c1-13(15-6-2-4-14-5-3-8-28-22(14)15)31-21-11-18(26)17(25)10-20(21)29-23(31)30-9-7-16(24)19(27)12-30/h2-6,8,10-11,13,16,19H,7,9,12,27H2,1H3/t13-,16?,19?/m0/s1. The molecule has 2 aromatic carbocycles. The molecule has 1 saturated heterocycles. The Bertz CT molecular complexity index is 1270. The van der Waals surface area contributed by atoms with Gasteiger partial charge in [0.1, 0.15) is 6.17 Å². The molecule has 1 fully saturated rings. The molecule has 160 valence electrons. The van der Waals surface area contributed by atoms with E-state index in [4.69, 9.17) is 5.73 Å². The van der Waals surface area contributed by atoms with Crippen LogP contribution in [-0.2, 0) is 0 Å². The van der Waals surface area contributed by atoms with Crippen molar-refractivity contribution in [1.82, 2.24) is 14.5 Å². The number of hydrogen-bond donors (Lipinski definition) is 1. The Morgan fingerprint density at radius 1 is 1.13 bits per heavy atom. The summed E-state index contributed by atoms with van der Waals surface area (Å²) in [5.41, 5.74) is 8.53. The summed E-state index contributed by atoms with van der Waals surface area (Å²) in [6.45, 7) is 2.66. The molecule has 4 aromatic rings. The number of anilines is 1. The van der Waals surface area contributed by atoms with Crippen LogP contribution in [0.2, 0.25) is 0 Å². The van der Waals surface area contributed by atoms with Crippen molar-refractivity contribution in [2.24, 2.45) is 5.73 Å². The maximum Gasteiger partial charge on any atom is 0.207 e. The normalized spacial score (nSPS) is 20.5. The first kappa shape index (κ1) is 19.8. The largest absolute Gasteiger partial charge is 0.340 e. The number of alkyl halides is 1. The molecule has 0 bridgehead atoms. The maximum absolute atomic E-state index is 14.2. The lowest BCUT2D eigenvalue weighted by Crippen LogP contribution is -2.50. The van der Waals surface area contributed by atoms with Crippen molar-refractivity contribution >= 4 is 27.9 Å². The minimum absolute atomic E-state index is 0.274. The van der Waals surface area contributed by atoms with E-state index in [1.54, 1.807) is 6.20 Å². The predicted octanol–water partition coefficient (Wildman–Crippen LogP) is 4.35. The number of piperidine rings is 1. The van der Waals surface area contributed by atoms with E-state index in [0.717, 1.165) is 28.6 Å². The number of nitrogens with zero attached hydrogens (tertiary/aromatic N) is 4. The summed E-state index contributed by atoms with van der Waals surface area (Å²) in [7, 11) is 0. The smallest absolute Gasteiger partial charge is 0.207 e. The average molecular weight is 425 g/mol. The lowest BCUT2D eigenvalue weighted by atomic mass is 10.0. The molecule has 3 atom stereocenters. The number of aromatic nitrogens is 3. The number of fused-ring (bicyclic) bond motifs is 2. The van der Waals surface area contributed by atoms with Crippen LogP contribution in [0.25, 0.3) is 21.9 Å². The fourth-order valence-electron chi connectivity index (χ4n) is 4.42. The number of benzene rings is 2. The molecule has 2 unspecified atom stereocenters. The van der Waals surface area contributed by atoms with Crippen molar-refractivity contribution in [2.45, 2.75) is 31.6 Å². The molecular formula is C23H22F3N5. The van der Waals surface area contributed by atoms with Gasteiger partial charge < -0.3 is 15.2 Å². The van der Waals surface area contributed by atoms with Crippen LogP contribution in [0.3, 0.4) is 0 Å². The molecule has 31 heavy (non-hydrogen) atoms. The topological polar surface area (TPSA) is 60.0 Å². The third-order valence-corrected chi connectivity index (χ3v) is 6.07. The van der Waals surface area contributed by atoms with Gasteiger partial charge in [-0.15, -0.1) is 0 Å². The van der Waals surface area contributed by atoms with Crippen LogP contribution in [0.5, 0.6) is 0 Å². The Morgan fingerprint density at radius 3 is 2.71 bits per heavy atom. The summed E-state index contributed by atoms with van der Waals surface area (Å²) in [5.74, 6) is -1.38. The number of imidazole rings is 1. The molecule has 2 aromatic heterocycles. The molecule has 0 saturated carbocycles. The molecular weight excluding hydrogens is 403 g/mol. The van der Waals surface area contributed by atoms with E-state index >= 15 is 0 Å². The third-order valence-electron chi connectivity index (χ3n) is 6.07. The van der Waals surface area contributed by atoms with Crippen molar-refractivity contribution in [3.8, 4) is 0 Å². The molecule has 0 amide bonds. The highest BCUT2D eigenvalue weighted by atomic mass is 19.2. The third kappa shape index (κ3) is 3.31. The Hall–Kier alpha value is -3.13. The number of halogens is 3. The van der Waals surface area contributed by atoms with Gasteiger partial charge in [-0.3, -0.25) is 4.98 Å². The zero-order valence-corrected chi connectivity index (χ0v) is 17.0. The van der Waals surface area contributed by atoms with E-state index in [1.807, 2.05) is 46.7 Å². The highest BCUT2D eigenvalue weighted by Crippen LogP contribution is 2.35. The lowest BCUT2D eigenvalue weighted by Gasteiger charge is -2.35. The fourth-order valence-corrected chi connectivity index (χ4v) is 4.42. The second-order valence-corrected chi connectivity index (χ2v) is 8.05. The van der Waals surface area contributed by atoms with Gasteiger partial charge >= 0.3 is 0 Å². The fraction of sp³-hybridized carbons (Fsp3) is 0.304. The van der Waals surface area contributed by atoms with E-state index < -0.39 is 23.8 Å². The van der Waals surface area contributed by atoms with E-state index in [1.165, 1.54) is 0 Å². The van der Waals surface area contributed by atoms with Crippen molar-refractivity contribution < 1.29 is 13.2 Å². The van der Waals surface area contributed by atoms with Crippen molar-refractivity contribution in [3.05, 3.63) is 65.9 Å². The van der Waals surface area contributed by atoms with Gasteiger partial charge in [0, 0.05) is 42.4 Å². The van der Waals surface area contributed by atoms with Crippen LogP contribution in [0.1, 0.15) is 24.9 Å². The van der Waals surface area contributed by atoms with E-state index in [2.05, 4.69) is 9.97 Å². The van der Waals surface area contributed by atoms with E-state index in [0.29, 0.717) is 23.5 Å². The lowest BCUT2D eigenvalue weighted by molar-refractivity contribution is 0.243. The highest BCUT2D eigenvalue weighted by Gasteiger charge is 2.31. The van der Waals surface area contributed by atoms with Gasteiger partial charge in [0.2, 0.25) is 5.95 Å². The zero-order chi connectivity index (χ0) is 21.7.